The lowest BCUT2D eigenvalue weighted by Gasteiger charge is -2.16. The first kappa shape index (κ1) is 11.2. The fourth-order valence-corrected chi connectivity index (χ4v) is 1.40. The van der Waals surface area contributed by atoms with Gasteiger partial charge in [0.15, 0.2) is 5.17 Å². The lowest BCUT2D eigenvalue weighted by Crippen LogP contribution is -2.37. The first-order chi connectivity index (χ1) is 5.54. The maximum atomic E-state index is 11.0. The minimum atomic E-state index is -0.308. The maximum Gasteiger partial charge on any atom is 0.232 e. The van der Waals surface area contributed by atoms with Crippen LogP contribution in [0.1, 0.15) is 13.8 Å². The first-order valence-corrected chi connectivity index (χ1v) is 4.59. The Morgan fingerprint density at radius 2 is 1.67 bits per heavy atom. The van der Waals surface area contributed by atoms with Crippen LogP contribution in [-0.2, 0) is 9.59 Å². The Hall–Kier alpha value is -0.840. The van der Waals surface area contributed by atoms with Crippen molar-refractivity contribution >= 4 is 28.7 Å². The number of rotatable bonds is 0. The average Bonchev–Trinajstić information content (AvgIpc) is 1.98. The standard InChI is InChI=1S/C7H12N2O2S/c1-5(10)9(6(2)11)7(8-3)12-4/h1-4H3. The van der Waals surface area contributed by atoms with E-state index in [2.05, 4.69) is 4.99 Å². The molecule has 0 aromatic rings. The molecule has 0 heterocycles. The number of thioether (sulfide) groups is 1. The van der Waals surface area contributed by atoms with E-state index in [1.165, 1.54) is 25.6 Å². The van der Waals surface area contributed by atoms with Crippen LogP contribution in [0.5, 0.6) is 0 Å². The number of imide groups is 1. The number of nitrogens with zero attached hydrogens (tertiary/aromatic N) is 2. The van der Waals surface area contributed by atoms with Gasteiger partial charge in [-0.05, 0) is 6.26 Å². The Labute approximate surface area is 76.0 Å². The van der Waals surface area contributed by atoms with Gasteiger partial charge in [0.1, 0.15) is 0 Å². The third-order valence-corrected chi connectivity index (χ3v) is 1.93. The fourth-order valence-electron chi connectivity index (χ4n) is 0.774. The third kappa shape index (κ3) is 2.65. The topological polar surface area (TPSA) is 49.7 Å². The zero-order valence-electron chi connectivity index (χ0n) is 7.62. The minimum Gasteiger partial charge on any atom is -0.274 e. The molecule has 0 atom stereocenters. The smallest absolute Gasteiger partial charge is 0.232 e. The molecular weight excluding hydrogens is 176 g/mol. The second-order valence-electron chi connectivity index (χ2n) is 2.08. The number of amidine groups is 1. The van der Waals surface area contributed by atoms with Crippen LogP contribution in [0.3, 0.4) is 0 Å². The van der Waals surface area contributed by atoms with E-state index in [1.807, 2.05) is 0 Å². The van der Waals surface area contributed by atoms with Crippen molar-refractivity contribution in [3.05, 3.63) is 0 Å². The first-order valence-electron chi connectivity index (χ1n) is 3.36. The van der Waals surface area contributed by atoms with Crippen LogP contribution in [0.25, 0.3) is 0 Å². The summed E-state index contributed by atoms with van der Waals surface area (Å²) in [6, 6.07) is 0. The molecule has 0 rings (SSSR count). The number of carbonyl (C=O) groups excluding carboxylic acids is 2. The second kappa shape index (κ2) is 4.92. The highest BCUT2D eigenvalue weighted by atomic mass is 32.2. The summed E-state index contributed by atoms with van der Waals surface area (Å²) in [5.41, 5.74) is 0. The van der Waals surface area contributed by atoms with Crippen LogP contribution >= 0.6 is 11.8 Å². The van der Waals surface area contributed by atoms with E-state index < -0.39 is 0 Å². The third-order valence-electron chi connectivity index (χ3n) is 1.19. The normalized spacial score (nSPS) is 11.2. The highest BCUT2D eigenvalue weighted by molar-refractivity contribution is 8.13. The van der Waals surface area contributed by atoms with Gasteiger partial charge in [0.25, 0.3) is 0 Å². The van der Waals surface area contributed by atoms with Gasteiger partial charge in [0, 0.05) is 20.9 Å². The second-order valence-corrected chi connectivity index (χ2v) is 2.86. The number of amides is 2. The Bertz CT molecular complexity index is 211. The van der Waals surface area contributed by atoms with Crippen molar-refractivity contribution in [3.63, 3.8) is 0 Å². The summed E-state index contributed by atoms with van der Waals surface area (Å²) in [6.07, 6.45) is 1.77. The number of carbonyl (C=O) groups is 2. The lowest BCUT2D eigenvalue weighted by atomic mass is 10.5. The van der Waals surface area contributed by atoms with Gasteiger partial charge in [-0.25, -0.2) is 4.90 Å². The lowest BCUT2D eigenvalue weighted by molar-refractivity contribution is -0.136. The molecule has 0 aromatic carbocycles. The molecule has 0 fully saturated rings. The maximum absolute atomic E-state index is 11.0. The van der Waals surface area contributed by atoms with Gasteiger partial charge in [-0.1, -0.05) is 11.8 Å². The highest BCUT2D eigenvalue weighted by Gasteiger charge is 2.18. The van der Waals surface area contributed by atoms with Gasteiger partial charge in [0.2, 0.25) is 11.8 Å². The highest BCUT2D eigenvalue weighted by Crippen LogP contribution is 2.05. The zero-order valence-corrected chi connectivity index (χ0v) is 8.44. The minimum absolute atomic E-state index is 0.308. The molecule has 5 heteroatoms. The number of hydrogen-bond acceptors (Lipinski definition) is 4. The summed E-state index contributed by atoms with van der Waals surface area (Å²) < 4.78 is 0. The molecular formula is C7H12N2O2S. The van der Waals surface area contributed by atoms with Crippen LogP contribution in [0.15, 0.2) is 4.99 Å². The predicted octanol–water partition coefficient (Wildman–Crippen LogP) is 0.730. The Morgan fingerprint density at radius 3 is 1.75 bits per heavy atom. The summed E-state index contributed by atoms with van der Waals surface area (Å²) in [6.45, 7) is 2.67. The summed E-state index contributed by atoms with van der Waals surface area (Å²) in [5, 5.41) is 0.426. The van der Waals surface area contributed by atoms with Crippen LogP contribution < -0.4 is 0 Å². The van der Waals surface area contributed by atoms with Gasteiger partial charge in [0.05, 0.1) is 0 Å². The summed E-state index contributed by atoms with van der Waals surface area (Å²) in [7, 11) is 1.55. The van der Waals surface area contributed by atoms with E-state index in [0.29, 0.717) is 5.17 Å². The van der Waals surface area contributed by atoms with Crippen molar-refractivity contribution in [2.45, 2.75) is 13.8 Å². The molecule has 0 saturated carbocycles. The van der Waals surface area contributed by atoms with Crippen LogP contribution in [0, 0.1) is 0 Å². The largest absolute Gasteiger partial charge is 0.274 e. The van der Waals surface area contributed by atoms with E-state index in [-0.39, 0.29) is 11.8 Å². The Kier molecular flexibility index (Phi) is 4.58. The molecule has 0 aliphatic carbocycles. The molecule has 0 aliphatic rings. The van der Waals surface area contributed by atoms with E-state index in [0.717, 1.165) is 4.90 Å². The van der Waals surface area contributed by atoms with Crippen LogP contribution in [-0.4, -0.2) is 35.2 Å². The van der Waals surface area contributed by atoms with Gasteiger partial charge >= 0.3 is 0 Å². The van der Waals surface area contributed by atoms with Crippen molar-refractivity contribution in [1.82, 2.24) is 4.90 Å². The van der Waals surface area contributed by atoms with Crippen molar-refractivity contribution in [3.8, 4) is 0 Å². The van der Waals surface area contributed by atoms with Crippen molar-refractivity contribution in [2.24, 2.45) is 4.99 Å². The van der Waals surface area contributed by atoms with Gasteiger partial charge in [-0.2, -0.15) is 0 Å². The molecule has 0 unspecified atom stereocenters. The summed E-state index contributed by atoms with van der Waals surface area (Å²) in [4.78, 5) is 26.8. The van der Waals surface area contributed by atoms with E-state index in [9.17, 15) is 9.59 Å². The van der Waals surface area contributed by atoms with Crippen LogP contribution in [0.4, 0.5) is 0 Å². The van der Waals surface area contributed by atoms with E-state index in [1.54, 1.807) is 13.3 Å². The number of hydrogen-bond donors (Lipinski definition) is 0. The van der Waals surface area contributed by atoms with E-state index in [4.69, 9.17) is 0 Å². The quantitative estimate of drug-likeness (QED) is 0.416. The van der Waals surface area contributed by atoms with Gasteiger partial charge < -0.3 is 0 Å². The van der Waals surface area contributed by atoms with Gasteiger partial charge in [-0.3, -0.25) is 14.6 Å². The average molecular weight is 188 g/mol. The molecule has 0 spiro atoms. The molecule has 0 saturated heterocycles. The van der Waals surface area contributed by atoms with Crippen LogP contribution in [0.2, 0.25) is 0 Å². The molecule has 4 nitrogen and oxygen atoms in total. The zero-order chi connectivity index (χ0) is 9.72. The molecule has 0 N–H and O–H groups in total. The number of aliphatic imine (C=N–C) groups is 1. The summed E-state index contributed by atoms with van der Waals surface area (Å²) in [5.74, 6) is -0.616. The molecule has 2 amide bonds. The molecule has 0 radical (unpaired) electrons. The van der Waals surface area contributed by atoms with Gasteiger partial charge in [-0.15, -0.1) is 0 Å². The molecule has 68 valence electrons. The summed E-state index contributed by atoms with van der Waals surface area (Å²) >= 11 is 1.27. The monoisotopic (exact) mass is 188 g/mol. The molecule has 0 bridgehead atoms. The Morgan fingerprint density at radius 1 is 1.25 bits per heavy atom. The van der Waals surface area contributed by atoms with Crippen molar-refractivity contribution in [1.29, 1.82) is 0 Å². The van der Waals surface area contributed by atoms with Crippen molar-refractivity contribution < 1.29 is 9.59 Å². The van der Waals surface area contributed by atoms with Crippen molar-refractivity contribution in [2.75, 3.05) is 13.3 Å². The SMILES string of the molecule is CN=C(SC)N(C(C)=O)C(C)=O. The predicted molar refractivity (Wildman–Crippen MR) is 50.1 cm³/mol. The fraction of sp³-hybridized carbons (Fsp3) is 0.571. The Balaban J connectivity index is 4.73. The molecule has 0 aromatic heterocycles. The molecule has 0 aliphatic heterocycles. The molecule has 12 heavy (non-hydrogen) atoms. The van der Waals surface area contributed by atoms with E-state index >= 15 is 0 Å².